The highest BCUT2D eigenvalue weighted by molar-refractivity contribution is 5.99. The van der Waals surface area contributed by atoms with Gasteiger partial charge in [0.25, 0.3) is 0 Å². The van der Waals surface area contributed by atoms with Gasteiger partial charge in [-0.1, -0.05) is 5.16 Å². The summed E-state index contributed by atoms with van der Waals surface area (Å²) >= 11 is 0. The Morgan fingerprint density at radius 2 is 2.12 bits per heavy atom. The molecule has 0 atom stereocenters. The number of ether oxygens (including phenoxy) is 1. The third-order valence-electron chi connectivity index (χ3n) is 1.99. The molecule has 0 aliphatic carbocycles. The summed E-state index contributed by atoms with van der Waals surface area (Å²) < 4.78 is 42.5. The van der Waals surface area contributed by atoms with E-state index in [0.29, 0.717) is 0 Å². The van der Waals surface area contributed by atoms with Gasteiger partial charge in [0, 0.05) is 0 Å². The minimum Gasteiger partial charge on any atom is -0.493 e. The Morgan fingerprint density at radius 3 is 2.59 bits per heavy atom. The van der Waals surface area contributed by atoms with Gasteiger partial charge < -0.3 is 15.7 Å². The molecular weight excluding hydrogens is 237 g/mol. The third kappa shape index (κ3) is 3.02. The highest BCUT2D eigenvalue weighted by Crippen LogP contribution is 2.32. The largest absolute Gasteiger partial charge is 0.493 e. The van der Waals surface area contributed by atoms with Crippen LogP contribution < -0.4 is 10.5 Å². The van der Waals surface area contributed by atoms with Crippen LogP contribution in [0.3, 0.4) is 0 Å². The summed E-state index contributed by atoms with van der Waals surface area (Å²) in [4.78, 5) is 0. The normalized spacial score (nSPS) is 12.6. The fourth-order valence-electron chi connectivity index (χ4n) is 1.24. The molecule has 0 fully saturated rings. The molecule has 0 aliphatic rings. The molecule has 0 unspecified atom stereocenters. The standard InChI is InChI=1S/C10H11F3N2O2/c1-2-17-8-4-3-6(10(11,12)13)5-7(8)9(14)15-16/h3-5,16H,2H2,1H3,(H2,14,15). The van der Waals surface area contributed by atoms with Crippen LogP contribution in [0.15, 0.2) is 23.4 Å². The number of hydrogen-bond donors (Lipinski definition) is 2. The van der Waals surface area contributed by atoms with E-state index in [4.69, 9.17) is 15.7 Å². The second-order valence-electron chi connectivity index (χ2n) is 3.13. The van der Waals surface area contributed by atoms with E-state index in [9.17, 15) is 13.2 Å². The molecule has 0 spiro atoms. The predicted octanol–water partition coefficient (Wildman–Crippen LogP) is 2.20. The quantitative estimate of drug-likeness (QED) is 0.373. The monoisotopic (exact) mass is 248 g/mol. The lowest BCUT2D eigenvalue weighted by Crippen LogP contribution is -2.17. The van der Waals surface area contributed by atoms with Crippen LogP contribution in [0.4, 0.5) is 13.2 Å². The lowest BCUT2D eigenvalue weighted by Gasteiger charge is -2.12. The first-order chi connectivity index (χ1) is 7.90. The van der Waals surface area contributed by atoms with E-state index in [0.717, 1.165) is 18.2 Å². The lowest BCUT2D eigenvalue weighted by atomic mass is 10.1. The molecule has 4 nitrogen and oxygen atoms in total. The topological polar surface area (TPSA) is 67.8 Å². The van der Waals surface area contributed by atoms with Crippen molar-refractivity contribution in [2.75, 3.05) is 6.61 Å². The van der Waals surface area contributed by atoms with Gasteiger partial charge in [0.1, 0.15) is 5.75 Å². The summed E-state index contributed by atoms with van der Waals surface area (Å²) in [6, 6.07) is 2.79. The van der Waals surface area contributed by atoms with Gasteiger partial charge in [0.2, 0.25) is 0 Å². The molecule has 17 heavy (non-hydrogen) atoms. The number of oxime groups is 1. The molecule has 0 aliphatic heterocycles. The van der Waals surface area contributed by atoms with Crippen molar-refractivity contribution < 1.29 is 23.1 Å². The van der Waals surface area contributed by atoms with E-state index in [1.165, 1.54) is 0 Å². The van der Waals surface area contributed by atoms with Crippen LogP contribution in [0.25, 0.3) is 0 Å². The molecule has 0 bridgehead atoms. The fraction of sp³-hybridized carbons (Fsp3) is 0.300. The zero-order valence-electron chi connectivity index (χ0n) is 8.95. The van der Waals surface area contributed by atoms with Gasteiger partial charge in [-0.05, 0) is 25.1 Å². The number of hydrogen-bond acceptors (Lipinski definition) is 3. The maximum absolute atomic E-state index is 12.5. The molecular formula is C10H11F3N2O2. The third-order valence-corrected chi connectivity index (χ3v) is 1.99. The van der Waals surface area contributed by atoms with E-state index in [1.807, 2.05) is 0 Å². The molecule has 0 amide bonds. The first-order valence-corrected chi connectivity index (χ1v) is 4.72. The van der Waals surface area contributed by atoms with Crippen molar-refractivity contribution in [1.29, 1.82) is 0 Å². The van der Waals surface area contributed by atoms with E-state index in [-0.39, 0.29) is 17.9 Å². The fourth-order valence-corrected chi connectivity index (χ4v) is 1.24. The molecule has 0 saturated carbocycles. The Morgan fingerprint density at radius 1 is 1.47 bits per heavy atom. The number of benzene rings is 1. The van der Waals surface area contributed by atoms with Gasteiger partial charge in [-0.25, -0.2) is 0 Å². The van der Waals surface area contributed by atoms with Crippen molar-refractivity contribution in [3.63, 3.8) is 0 Å². The van der Waals surface area contributed by atoms with E-state index in [1.54, 1.807) is 6.92 Å². The second-order valence-corrected chi connectivity index (χ2v) is 3.13. The number of amidine groups is 1. The Bertz CT molecular complexity index is 430. The van der Waals surface area contributed by atoms with Gasteiger partial charge in [0.15, 0.2) is 5.84 Å². The summed E-state index contributed by atoms with van der Waals surface area (Å²) in [5.74, 6) is -0.296. The number of nitrogens with zero attached hydrogens (tertiary/aromatic N) is 1. The van der Waals surface area contributed by atoms with Crippen LogP contribution in [-0.2, 0) is 6.18 Å². The van der Waals surface area contributed by atoms with Crippen LogP contribution in [-0.4, -0.2) is 17.6 Å². The molecule has 0 heterocycles. The first-order valence-electron chi connectivity index (χ1n) is 4.72. The zero-order valence-corrected chi connectivity index (χ0v) is 8.95. The maximum atomic E-state index is 12.5. The minimum absolute atomic E-state index is 0.0934. The molecule has 0 saturated heterocycles. The molecule has 1 aromatic rings. The molecule has 0 radical (unpaired) electrons. The average Bonchev–Trinajstić information content (AvgIpc) is 2.27. The summed E-state index contributed by atoms with van der Waals surface area (Å²) in [6.07, 6.45) is -4.49. The van der Waals surface area contributed by atoms with Crippen LogP contribution in [0.5, 0.6) is 5.75 Å². The first kappa shape index (κ1) is 13.1. The summed E-state index contributed by atoms with van der Waals surface area (Å²) in [5, 5.41) is 11.2. The average molecular weight is 248 g/mol. The molecule has 7 heteroatoms. The van der Waals surface area contributed by atoms with Crippen molar-refractivity contribution >= 4 is 5.84 Å². The van der Waals surface area contributed by atoms with E-state index < -0.39 is 17.6 Å². The summed E-state index contributed by atoms with van der Waals surface area (Å²) in [6.45, 7) is 1.94. The maximum Gasteiger partial charge on any atom is 0.416 e. The number of rotatable bonds is 3. The van der Waals surface area contributed by atoms with Crippen molar-refractivity contribution in [2.45, 2.75) is 13.1 Å². The second kappa shape index (κ2) is 4.94. The van der Waals surface area contributed by atoms with Gasteiger partial charge in [-0.3, -0.25) is 0 Å². The number of nitrogens with two attached hydrogens (primary N) is 1. The molecule has 1 rings (SSSR count). The summed E-state index contributed by atoms with van der Waals surface area (Å²) in [5.41, 5.74) is 4.31. The Kier molecular flexibility index (Phi) is 3.82. The number of halogens is 3. The molecule has 1 aromatic carbocycles. The van der Waals surface area contributed by atoms with Gasteiger partial charge in [-0.2, -0.15) is 13.2 Å². The Balaban J connectivity index is 3.29. The summed E-state index contributed by atoms with van der Waals surface area (Å²) in [7, 11) is 0. The van der Waals surface area contributed by atoms with Crippen molar-refractivity contribution in [2.24, 2.45) is 10.9 Å². The highest BCUT2D eigenvalue weighted by atomic mass is 19.4. The van der Waals surface area contributed by atoms with Gasteiger partial charge in [-0.15, -0.1) is 0 Å². The van der Waals surface area contributed by atoms with E-state index >= 15 is 0 Å². The van der Waals surface area contributed by atoms with Crippen LogP contribution in [0.1, 0.15) is 18.1 Å². The van der Waals surface area contributed by atoms with Crippen LogP contribution in [0, 0.1) is 0 Å². The van der Waals surface area contributed by atoms with Crippen molar-refractivity contribution in [1.82, 2.24) is 0 Å². The highest BCUT2D eigenvalue weighted by Gasteiger charge is 2.31. The van der Waals surface area contributed by atoms with Crippen molar-refractivity contribution in [3.8, 4) is 5.75 Å². The number of alkyl halides is 3. The molecule has 94 valence electrons. The SMILES string of the molecule is CCOc1ccc(C(F)(F)F)cc1/C(N)=N/O. The molecule has 3 N–H and O–H groups in total. The van der Waals surface area contributed by atoms with Crippen LogP contribution in [0.2, 0.25) is 0 Å². The van der Waals surface area contributed by atoms with Crippen molar-refractivity contribution in [3.05, 3.63) is 29.3 Å². The Labute approximate surface area is 95.5 Å². The van der Waals surface area contributed by atoms with Gasteiger partial charge >= 0.3 is 6.18 Å². The smallest absolute Gasteiger partial charge is 0.416 e. The molecule has 0 aromatic heterocycles. The van der Waals surface area contributed by atoms with Gasteiger partial charge in [0.05, 0.1) is 17.7 Å². The predicted molar refractivity (Wildman–Crippen MR) is 55.1 cm³/mol. The zero-order chi connectivity index (χ0) is 13.1. The Hall–Kier alpha value is -1.92. The minimum atomic E-state index is -4.49. The lowest BCUT2D eigenvalue weighted by molar-refractivity contribution is -0.137. The van der Waals surface area contributed by atoms with E-state index in [2.05, 4.69) is 5.16 Å². The van der Waals surface area contributed by atoms with Crippen LogP contribution >= 0.6 is 0 Å².